The van der Waals surface area contributed by atoms with Gasteiger partial charge in [0.2, 0.25) is 6.20 Å². The number of nitriles is 1. The summed E-state index contributed by atoms with van der Waals surface area (Å²) in [6.45, 7) is 1.64. The SMILES string of the molecule is N#Cc1cc(F)ccc1N1CCC(CNC(=O)[C@H](O)[C@@H](O)c2cccc[n+]2O)CC1. The average Bonchev–Trinajstić information content (AvgIpc) is 2.77. The van der Waals surface area contributed by atoms with Gasteiger partial charge in [0.1, 0.15) is 11.9 Å². The number of halogens is 1. The molecule has 0 spiro atoms. The van der Waals surface area contributed by atoms with Gasteiger partial charge >= 0.3 is 0 Å². The van der Waals surface area contributed by atoms with E-state index in [9.17, 15) is 29.9 Å². The molecule has 2 atom stereocenters. The Bertz CT molecular complexity index is 941. The molecule has 1 aliphatic rings. The van der Waals surface area contributed by atoms with Crippen LogP contribution in [0.5, 0.6) is 0 Å². The molecule has 4 N–H and O–H groups in total. The Morgan fingerprint density at radius 1 is 1.30 bits per heavy atom. The molecule has 0 aliphatic carbocycles. The third-order valence-corrected chi connectivity index (χ3v) is 5.34. The highest BCUT2D eigenvalue weighted by atomic mass is 19.1. The summed E-state index contributed by atoms with van der Waals surface area (Å²) in [5.41, 5.74) is 0.988. The molecule has 0 unspecified atom stereocenters. The molecule has 1 amide bonds. The number of hydrogen-bond donors (Lipinski definition) is 4. The van der Waals surface area contributed by atoms with Gasteiger partial charge in [-0.25, -0.2) is 4.39 Å². The van der Waals surface area contributed by atoms with Crippen molar-refractivity contribution in [3.8, 4) is 6.07 Å². The van der Waals surface area contributed by atoms with Crippen LogP contribution in [0, 0.1) is 23.1 Å². The summed E-state index contributed by atoms with van der Waals surface area (Å²) in [5, 5.41) is 41.8. The van der Waals surface area contributed by atoms with Gasteiger partial charge < -0.3 is 20.4 Å². The lowest BCUT2D eigenvalue weighted by molar-refractivity contribution is -0.911. The van der Waals surface area contributed by atoms with Crippen molar-refractivity contribution in [1.82, 2.24) is 5.32 Å². The minimum absolute atomic E-state index is 0.000975. The van der Waals surface area contributed by atoms with E-state index in [0.29, 0.717) is 35.6 Å². The number of nitrogens with zero attached hydrogens (tertiary/aromatic N) is 3. The van der Waals surface area contributed by atoms with Crippen molar-refractivity contribution in [2.24, 2.45) is 5.92 Å². The van der Waals surface area contributed by atoms with E-state index in [0.717, 1.165) is 12.8 Å². The van der Waals surface area contributed by atoms with E-state index in [2.05, 4.69) is 5.32 Å². The van der Waals surface area contributed by atoms with Crippen molar-refractivity contribution in [3.63, 3.8) is 0 Å². The van der Waals surface area contributed by atoms with Gasteiger partial charge in [0.15, 0.2) is 12.2 Å². The van der Waals surface area contributed by atoms with Crippen LogP contribution in [0.4, 0.5) is 10.1 Å². The highest BCUT2D eigenvalue weighted by Crippen LogP contribution is 2.26. The van der Waals surface area contributed by atoms with Gasteiger partial charge in [-0.15, -0.1) is 0 Å². The summed E-state index contributed by atoms with van der Waals surface area (Å²) in [7, 11) is 0. The monoisotopic (exact) mass is 415 g/mol. The maximum Gasteiger partial charge on any atom is 0.265 e. The van der Waals surface area contributed by atoms with Crippen molar-refractivity contribution in [2.45, 2.75) is 25.0 Å². The number of aliphatic hydroxyl groups is 2. The Hall–Kier alpha value is -3.22. The van der Waals surface area contributed by atoms with Crippen molar-refractivity contribution in [3.05, 3.63) is 59.7 Å². The van der Waals surface area contributed by atoms with Gasteiger partial charge in [-0.3, -0.25) is 10.0 Å². The fourth-order valence-electron chi connectivity index (χ4n) is 3.59. The highest BCUT2D eigenvalue weighted by molar-refractivity contribution is 5.81. The Kier molecular flexibility index (Phi) is 6.82. The second-order valence-corrected chi connectivity index (χ2v) is 7.31. The van der Waals surface area contributed by atoms with Crippen LogP contribution in [-0.2, 0) is 4.79 Å². The molecule has 9 heteroatoms. The molecule has 1 aliphatic heterocycles. The van der Waals surface area contributed by atoms with E-state index < -0.39 is 23.9 Å². The maximum atomic E-state index is 13.3. The molecule has 30 heavy (non-hydrogen) atoms. The Morgan fingerprint density at radius 2 is 2.03 bits per heavy atom. The van der Waals surface area contributed by atoms with E-state index in [4.69, 9.17) is 0 Å². The molecule has 8 nitrogen and oxygen atoms in total. The third kappa shape index (κ3) is 4.84. The topological polar surface area (TPSA) is 121 Å². The summed E-state index contributed by atoms with van der Waals surface area (Å²) in [6.07, 6.45) is -0.507. The average molecular weight is 415 g/mol. The number of anilines is 1. The fourth-order valence-corrected chi connectivity index (χ4v) is 3.59. The predicted octanol–water partition coefficient (Wildman–Crippen LogP) is 0.649. The van der Waals surface area contributed by atoms with E-state index >= 15 is 0 Å². The Labute approximate surface area is 173 Å². The van der Waals surface area contributed by atoms with E-state index in [1.165, 1.54) is 24.4 Å². The maximum absolute atomic E-state index is 13.3. The first kappa shape index (κ1) is 21.5. The molecular formula is C21H24FN4O4+. The summed E-state index contributed by atoms with van der Waals surface area (Å²) in [4.78, 5) is 14.2. The lowest BCUT2D eigenvalue weighted by Gasteiger charge is -2.34. The lowest BCUT2D eigenvalue weighted by atomic mass is 9.95. The fraction of sp³-hybridized carbons (Fsp3) is 0.381. The molecule has 0 saturated carbocycles. The number of pyridine rings is 1. The molecule has 0 bridgehead atoms. The van der Waals surface area contributed by atoms with Crippen LogP contribution in [-0.4, -0.2) is 47.1 Å². The third-order valence-electron chi connectivity index (χ3n) is 5.34. The van der Waals surface area contributed by atoms with Crippen molar-refractivity contribution >= 4 is 11.6 Å². The smallest absolute Gasteiger partial charge is 0.265 e. The number of benzene rings is 1. The summed E-state index contributed by atoms with van der Waals surface area (Å²) in [6, 6.07) is 10.7. The Balaban J connectivity index is 1.50. The van der Waals surface area contributed by atoms with Crippen LogP contribution in [0.1, 0.15) is 30.2 Å². The molecule has 1 aromatic heterocycles. The molecule has 2 heterocycles. The summed E-state index contributed by atoms with van der Waals surface area (Å²) in [5.74, 6) is -1.00. The number of rotatable bonds is 6. The highest BCUT2D eigenvalue weighted by Gasteiger charge is 2.33. The number of carbonyl (C=O) groups excluding carboxylic acids is 1. The molecular weight excluding hydrogens is 391 g/mol. The first-order valence-corrected chi connectivity index (χ1v) is 9.69. The first-order valence-electron chi connectivity index (χ1n) is 9.69. The first-order chi connectivity index (χ1) is 14.4. The molecule has 1 aromatic carbocycles. The van der Waals surface area contributed by atoms with Gasteiger partial charge in [-0.05, 0) is 43.0 Å². The van der Waals surface area contributed by atoms with Gasteiger partial charge in [0.05, 0.1) is 11.3 Å². The van der Waals surface area contributed by atoms with Gasteiger partial charge in [-0.2, -0.15) is 5.26 Å². The number of amides is 1. The van der Waals surface area contributed by atoms with Crippen LogP contribution in [0.2, 0.25) is 0 Å². The largest absolute Gasteiger partial charge is 0.380 e. The van der Waals surface area contributed by atoms with Gasteiger partial charge in [0.25, 0.3) is 11.6 Å². The number of piperidine rings is 1. The zero-order chi connectivity index (χ0) is 21.7. The second-order valence-electron chi connectivity index (χ2n) is 7.31. The zero-order valence-electron chi connectivity index (χ0n) is 16.3. The van der Waals surface area contributed by atoms with Crippen LogP contribution in [0.3, 0.4) is 0 Å². The lowest BCUT2D eigenvalue weighted by Crippen LogP contribution is -2.46. The molecule has 158 valence electrons. The van der Waals surface area contributed by atoms with Gasteiger partial charge in [-0.1, -0.05) is 0 Å². The van der Waals surface area contributed by atoms with Crippen LogP contribution in [0.15, 0.2) is 42.6 Å². The van der Waals surface area contributed by atoms with E-state index in [1.54, 1.807) is 18.2 Å². The molecule has 3 rings (SSSR count). The predicted molar refractivity (Wildman–Crippen MR) is 104 cm³/mol. The van der Waals surface area contributed by atoms with Crippen LogP contribution < -0.4 is 14.9 Å². The number of hydrogen-bond acceptors (Lipinski definition) is 6. The number of aliphatic hydroxyl groups excluding tert-OH is 2. The molecule has 0 radical (unpaired) electrons. The van der Waals surface area contributed by atoms with Crippen LogP contribution >= 0.6 is 0 Å². The van der Waals surface area contributed by atoms with Crippen molar-refractivity contribution in [2.75, 3.05) is 24.5 Å². The normalized spacial score (nSPS) is 16.5. The van der Waals surface area contributed by atoms with Crippen molar-refractivity contribution < 1.29 is 29.3 Å². The number of nitrogens with one attached hydrogen (secondary N) is 1. The van der Waals surface area contributed by atoms with Crippen molar-refractivity contribution in [1.29, 1.82) is 5.26 Å². The molecule has 1 fully saturated rings. The van der Waals surface area contributed by atoms with E-state index in [-0.39, 0.29) is 11.6 Å². The quantitative estimate of drug-likeness (QED) is 0.406. The summed E-state index contributed by atoms with van der Waals surface area (Å²) >= 11 is 0. The number of carbonyl (C=O) groups is 1. The molecule has 1 saturated heterocycles. The zero-order valence-corrected chi connectivity index (χ0v) is 16.3. The second kappa shape index (κ2) is 9.52. The van der Waals surface area contributed by atoms with Crippen LogP contribution in [0.25, 0.3) is 0 Å². The standard InChI is InChI=1S/C21H23FN4O4/c22-16-4-5-17(15(11-16)12-23)25-9-6-14(7-10-25)13-24-21(29)20(28)19(27)18-3-1-2-8-26(18)30/h1-5,8,11,14,19-20,27-28H,6-7,9-10,13H2,(H-,24,29,30)/p+1/t19-,20+/m0/s1. The molecule has 2 aromatic rings. The van der Waals surface area contributed by atoms with Gasteiger partial charge in [0, 0.05) is 36.5 Å². The minimum Gasteiger partial charge on any atom is -0.380 e. The van der Waals surface area contributed by atoms with E-state index in [1.807, 2.05) is 11.0 Å². The minimum atomic E-state index is -1.72. The number of aromatic nitrogens is 1. The summed E-state index contributed by atoms with van der Waals surface area (Å²) < 4.78 is 14.0. The Morgan fingerprint density at radius 3 is 2.70 bits per heavy atom.